The van der Waals surface area contributed by atoms with Crippen LogP contribution < -0.4 is 10.1 Å². The summed E-state index contributed by atoms with van der Waals surface area (Å²) in [5.74, 6) is 1.76. The van der Waals surface area contributed by atoms with Crippen LogP contribution in [0.1, 0.15) is 11.1 Å². The molecule has 0 atom stereocenters. The summed E-state index contributed by atoms with van der Waals surface area (Å²) in [6, 6.07) is 28.3. The molecule has 0 aliphatic rings. The molecule has 0 fully saturated rings. The van der Waals surface area contributed by atoms with Crippen LogP contribution >= 0.6 is 24.2 Å². The quantitative estimate of drug-likeness (QED) is 0.281. The zero-order chi connectivity index (χ0) is 20.4. The average molecular weight is 454 g/mol. The number of halogens is 1. The van der Waals surface area contributed by atoms with Gasteiger partial charge in [0, 0.05) is 18.8 Å². The van der Waals surface area contributed by atoms with Gasteiger partial charge in [-0.3, -0.25) is 0 Å². The maximum absolute atomic E-state index is 5.91. The third-order valence-corrected chi connectivity index (χ3v) is 5.35. The van der Waals surface area contributed by atoms with Crippen LogP contribution in [0, 0.1) is 0 Å². The zero-order valence-corrected chi connectivity index (χ0v) is 18.6. The maximum atomic E-state index is 5.91. The van der Waals surface area contributed by atoms with Gasteiger partial charge >= 0.3 is 0 Å². The standard InChI is InChI=1S/C23H23N5OS.ClH/c1-3-8-19(9-4-1)18-29-22-13-7-10-20(16-22)17-24-14-15-30-23-25-26-27-28(23)21-11-5-2-6-12-21;/h1-13,16,24H,14-15,17-18H2;1H. The summed E-state index contributed by atoms with van der Waals surface area (Å²) < 4.78 is 7.67. The number of para-hydroxylation sites is 1. The molecule has 160 valence electrons. The smallest absolute Gasteiger partial charge is 0.214 e. The molecular weight excluding hydrogens is 430 g/mol. The fourth-order valence-corrected chi connectivity index (χ4v) is 3.72. The summed E-state index contributed by atoms with van der Waals surface area (Å²) in [4.78, 5) is 0. The largest absolute Gasteiger partial charge is 0.489 e. The van der Waals surface area contributed by atoms with E-state index in [1.807, 2.05) is 60.7 Å². The number of hydrogen-bond acceptors (Lipinski definition) is 6. The molecule has 0 unspecified atom stereocenters. The van der Waals surface area contributed by atoms with E-state index in [1.165, 1.54) is 5.56 Å². The molecule has 1 N–H and O–H groups in total. The minimum absolute atomic E-state index is 0. The first-order valence-corrected chi connectivity index (χ1v) is 10.8. The lowest BCUT2D eigenvalue weighted by molar-refractivity contribution is 0.306. The first kappa shape index (κ1) is 22.8. The summed E-state index contributed by atoms with van der Waals surface area (Å²) >= 11 is 1.63. The molecule has 4 aromatic rings. The highest BCUT2D eigenvalue weighted by molar-refractivity contribution is 7.99. The van der Waals surface area contributed by atoms with Crippen LogP contribution in [0.25, 0.3) is 5.69 Å². The summed E-state index contributed by atoms with van der Waals surface area (Å²) in [5, 5.41) is 16.3. The molecule has 0 bridgehead atoms. The summed E-state index contributed by atoms with van der Waals surface area (Å²) in [5.41, 5.74) is 3.32. The topological polar surface area (TPSA) is 64.9 Å². The number of ether oxygens (including phenoxy) is 1. The Kier molecular flexibility index (Phi) is 8.90. The van der Waals surface area contributed by atoms with Gasteiger partial charge in [-0.25, -0.2) is 0 Å². The van der Waals surface area contributed by atoms with Crippen molar-refractivity contribution in [3.8, 4) is 11.4 Å². The third-order valence-electron chi connectivity index (χ3n) is 4.43. The third kappa shape index (κ3) is 6.82. The minimum atomic E-state index is 0. The molecule has 1 heterocycles. The fraction of sp³-hybridized carbons (Fsp3) is 0.174. The fourth-order valence-electron chi connectivity index (χ4n) is 2.93. The maximum Gasteiger partial charge on any atom is 0.214 e. The number of tetrazole rings is 1. The van der Waals surface area contributed by atoms with E-state index >= 15 is 0 Å². The monoisotopic (exact) mass is 453 g/mol. The molecule has 31 heavy (non-hydrogen) atoms. The molecule has 0 saturated heterocycles. The first-order valence-electron chi connectivity index (χ1n) is 9.81. The molecule has 0 saturated carbocycles. The van der Waals surface area contributed by atoms with Gasteiger partial charge in [0.05, 0.1) is 5.69 Å². The van der Waals surface area contributed by atoms with Crippen molar-refractivity contribution in [3.63, 3.8) is 0 Å². The van der Waals surface area contributed by atoms with Crippen LogP contribution in [-0.2, 0) is 13.2 Å². The van der Waals surface area contributed by atoms with Gasteiger partial charge in [-0.1, -0.05) is 72.4 Å². The highest BCUT2D eigenvalue weighted by Crippen LogP contribution is 2.18. The van der Waals surface area contributed by atoms with Gasteiger partial charge in [0.2, 0.25) is 5.16 Å². The molecule has 1 aromatic heterocycles. The number of nitrogens with zero attached hydrogens (tertiary/aromatic N) is 4. The highest BCUT2D eigenvalue weighted by atomic mass is 35.5. The summed E-state index contributed by atoms with van der Waals surface area (Å²) in [6.07, 6.45) is 0. The SMILES string of the molecule is Cl.c1ccc(COc2cccc(CNCCSc3nnnn3-c3ccccc3)c2)cc1. The van der Waals surface area contributed by atoms with Crippen LogP contribution in [0.5, 0.6) is 5.75 Å². The van der Waals surface area contributed by atoms with Crippen LogP contribution in [0.15, 0.2) is 90.1 Å². The van der Waals surface area contributed by atoms with Crippen molar-refractivity contribution in [2.75, 3.05) is 12.3 Å². The van der Waals surface area contributed by atoms with E-state index in [4.69, 9.17) is 4.74 Å². The lowest BCUT2D eigenvalue weighted by Gasteiger charge is -2.09. The summed E-state index contributed by atoms with van der Waals surface area (Å²) in [7, 11) is 0. The second kappa shape index (κ2) is 12.1. The molecule has 8 heteroatoms. The number of benzene rings is 3. The number of rotatable bonds is 10. The Morgan fingerprint density at radius 2 is 1.61 bits per heavy atom. The van der Waals surface area contributed by atoms with Crippen LogP contribution in [0.3, 0.4) is 0 Å². The Labute approximate surface area is 192 Å². The Hall–Kier alpha value is -2.87. The molecule has 0 radical (unpaired) electrons. The van der Waals surface area contributed by atoms with Gasteiger partial charge in [0.15, 0.2) is 0 Å². The van der Waals surface area contributed by atoms with Crippen molar-refractivity contribution in [2.24, 2.45) is 0 Å². The molecular formula is C23H24ClN5OS. The van der Waals surface area contributed by atoms with E-state index in [0.717, 1.165) is 41.0 Å². The second-order valence-corrected chi connectivity index (χ2v) is 7.72. The van der Waals surface area contributed by atoms with Crippen LogP contribution in [-0.4, -0.2) is 32.5 Å². The first-order chi connectivity index (χ1) is 14.9. The minimum Gasteiger partial charge on any atom is -0.489 e. The van der Waals surface area contributed by atoms with Gasteiger partial charge < -0.3 is 10.1 Å². The Morgan fingerprint density at radius 3 is 2.42 bits per heavy atom. The van der Waals surface area contributed by atoms with Gasteiger partial charge in [-0.15, -0.1) is 17.5 Å². The van der Waals surface area contributed by atoms with Crippen LogP contribution in [0.4, 0.5) is 0 Å². The average Bonchev–Trinajstić information content (AvgIpc) is 3.28. The van der Waals surface area contributed by atoms with Gasteiger partial charge in [0.1, 0.15) is 12.4 Å². The number of thioether (sulfide) groups is 1. The summed E-state index contributed by atoms with van der Waals surface area (Å²) in [6.45, 7) is 2.21. The molecule has 0 amide bonds. The van der Waals surface area contributed by atoms with Crippen molar-refractivity contribution in [1.29, 1.82) is 0 Å². The van der Waals surface area contributed by atoms with Crippen molar-refractivity contribution in [2.45, 2.75) is 18.3 Å². The Bertz CT molecular complexity index is 1050. The van der Waals surface area contributed by atoms with E-state index in [0.29, 0.717) is 6.61 Å². The highest BCUT2D eigenvalue weighted by Gasteiger charge is 2.08. The predicted molar refractivity (Wildman–Crippen MR) is 126 cm³/mol. The Morgan fingerprint density at radius 1 is 0.871 bits per heavy atom. The zero-order valence-electron chi connectivity index (χ0n) is 16.9. The van der Waals surface area contributed by atoms with E-state index < -0.39 is 0 Å². The van der Waals surface area contributed by atoms with E-state index in [-0.39, 0.29) is 12.4 Å². The lowest BCUT2D eigenvalue weighted by atomic mass is 10.2. The number of aromatic nitrogens is 4. The Balaban J connectivity index is 0.00000272. The van der Waals surface area contributed by atoms with Crippen molar-refractivity contribution in [3.05, 3.63) is 96.1 Å². The molecule has 0 spiro atoms. The number of hydrogen-bond donors (Lipinski definition) is 1. The second-order valence-electron chi connectivity index (χ2n) is 6.66. The molecule has 4 rings (SSSR count). The lowest BCUT2D eigenvalue weighted by Crippen LogP contribution is -2.16. The predicted octanol–water partition coefficient (Wildman–Crippen LogP) is 4.55. The van der Waals surface area contributed by atoms with Crippen LogP contribution in [0.2, 0.25) is 0 Å². The normalized spacial score (nSPS) is 10.5. The van der Waals surface area contributed by atoms with Crippen molar-refractivity contribution in [1.82, 2.24) is 25.5 Å². The van der Waals surface area contributed by atoms with Gasteiger partial charge in [-0.2, -0.15) is 4.68 Å². The van der Waals surface area contributed by atoms with E-state index in [2.05, 4.69) is 45.1 Å². The van der Waals surface area contributed by atoms with E-state index in [9.17, 15) is 0 Å². The van der Waals surface area contributed by atoms with Crippen molar-refractivity contribution >= 4 is 24.2 Å². The molecule has 0 aliphatic heterocycles. The molecule has 3 aromatic carbocycles. The number of nitrogens with one attached hydrogen (secondary N) is 1. The van der Waals surface area contributed by atoms with Gasteiger partial charge in [-0.05, 0) is 45.8 Å². The van der Waals surface area contributed by atoms with E-state index in [1.54, 1.807) is 16.4 Å². The van der Waals surface area contributed by atoms with Gasteiger partial charge in [0.25, 0.3) is 0 Å². The molecule has 0 aliphatic carbocycles. The molecule has 6 nitrogen and oxygen atoms in total. The van der Waals surface area contributed by atoms with Crippen molar-refractivity contribution < 1.29 is 4.74 Å².